The molecule has 0 unspecified atom stereocenters. The van der Waals surface area contributed by atoms with Crippen LogP contribution in [-0.4, -0.2) is 0 Å². The molecule has 9 aromatic carbocycles. The zero-order valence-corrected chi connectivity index (χ0v) is 39.4. The fourth-order valence-corrected chi connectivity index (χ4v) is 15.4. The highest BCUT2D eigenvalue weighted by molar-refractivity contribution is 7.88. The van der Waals surface area contributed by atoms with E-state index in [4.69, 9.17) is 9.49 Å². The van der Waals surface area contributed by atoms with Crippen LogP contribution in [0.4, 0.5) is 11.4 Å². The van der Waals surface area contributed by atoms with Crippen molar-refractivity contribution >= 4 is 57.3 Å². The molecule has 0 aliphatic carbocycles. The molecule has 9 rings (SSSR count). The van der Waals surface area contributed by atoms with Crippen molar-refractivity contribution in [2.45, 2.75) is 41.5 Å². The third-order valence-electron chi connectivity index (χ3n) is 12.3. The van der Waals surface area contributed by atoms with Crippen LogP contribution in [0.5, 0.6) is 0 Å². The molecule has 0 heterocycles. The Labute approximate surface area is 380 Å². The monoisotopic (exact) mass is 864 g/mol. The van der Waals surface area contributed by atoms with Crippen LogP contribution in [0.15, 0.2) is 228 Å². The molecule has 0 atom stereocenters. The fraction of sp³-hybridized carbons (Fsp3) is 0.100. The van der Waals surface area contributed by atoms with Crippen LogP contribution in [-0.2, 0) is 0 Å². The van der Waals surface area contributed by atoms with Crippen LogP contribution in [0.3, 0.4) is 0 Å². The molecule has 0 N–H and O–H groups in total. The van der Waals surface area contributed by atoms with Gasteiger partial charge in [0, 0.05) is 31.8 Å². The summed E-state index contributed by atoms with van der Waals surface area (Å²) in [6.45, 7) is 12.9. The van der Waals surface area contributed by atoms with E-state index in [1.165, 1.54) is 76.3 Å². The second-order valence-electron chi connectivity index (χ2n) is 17.2. The van der Waals surface area contributed by atoms with Gasteiger partial charge in [-0.25, -0.2) is 0 Å². The summed E-state index contributed by atoms with van der Waals surface area (Å²) in [7, 11) is -4.82. The summed E-state index contributed by atoms with van der Waals surface area (Å²) in [5.41, 5.74) is 14.1. The first kappa shape index (κ1) is 42.7. The summed E-state index contributed by atoms with van der Waals surface area (Å²) >= 11 is 0. The van der Waals surface area contributed by atoms with E-state index in [0.29, 0.717) is 0 Å². The van der Waals surface area contributed by atoms with Crippen molar-refractivity contribution in [1.29, 1.82) is 0 Å². The van der Waals surface area contributed by atoms with Gasteiger partial charge in [-0.2, -0.15) is 0 Å². The van der Waals surface area contributed by atoms with Crippen LogP contribution < -0.4 is 31.8 Å². The molecule has 0 aliphatic rings. The third kappa shape index (κ3) is 8.70. The van der Waals surface area contributed by atoms with Gasteiger partial charge in [-0.3, -0.25) is 9.49 Å². The normalized spacial score (nSPS) is 11.6. The lowest BCUT2D eigenvalue weighted by molar-refractivity contribution is 1.47. The van der Waals surface area contributed by atoms with Crippen molar-refractivity contribution in [3.05, 3.63) is 252 Å². The Kier molecular flexibility index (Phi) is 12.2. The maximum Gasteiger partial charge on any atom is 0.0625 e. The minimum absolute atomic E-state index is 0.972. The second kappa shape index (κ2) is 18.3. The molecular weight excluding hydrogens is 811 g/mol. The lowest BCUT2D eigenvalue weighted by atomic mass is 10.00. The van der Waals surface area contributed by atoms with Gasteiger partial charge in [0.05, 0.1) is 25.5 Å². The molecular formula is C60H54N2P2. The van der Waals surface area contributed by atoms with E-state index in [1.54, 1.807) is 0 Å². The maximum absolute atomic E-state index is 5.77. The van der Waals surface area contributed by atoms with Crippen LogP contribution >= 0.6 is 14.1 Å². The number of aryl methyl sites for hydroxylation is 6. The van der Waals surface area contributed by atoms with Crippen LogP contribution in [0.2, 0.25) is 0 Å². The Morgan fingerprint density at radius 3 is 0.531 bits per heavy atom. The first-order chi connectivity index (χ1) is 31.1. The Morgan fingerprint density at radius 2 is 0.359 bits per heavy atom. The van der Waals surface area contributed by atoms with Gasteiger partial charge in [-0.05, 0) is 88.1 Å². The summed E-state index contributed by atoms with van der Waals surface area (Å²) < 4.78 is 11.5. The van der Waals surface area contributed by atoms with E-state index < -0.39 is 14.1 Å². The van der Waals surface area contributed by atoms with Crippen molar-refractivity contribution in [2.75, 3.05) is 0 Å². The van der Waals surface area contributed by atoms with Gasteiger partial charge in [0.2, 0.25) is 0 Å². The van der Waals surface area contributed by atoms with Crippen LogP contribution in [0.1, 0.15) is 33.4 Å². The molecule has 2 nitrogen and oxygen atoms in total. The lowest BCUT2D eigenvalue weighted by Crippen LogP contribution is -2.25. The van der Waals surface area contributed by atoms with Crippen molar-refractivity contribution in [3.63, 3.8) is 0 Å². The highest BCUT2D eigenvalue weighted by atomic mass is 31.2. The number of hydrogen-bond donors (Lipinski definition) is 0. The topological polar surface area (TPSA) is 24.7 Å². The summed E-state index contributed by atoms with van der Waals surface area (Å²) in [6, 6.07) is 80.5. The van der Waals surface area contributed by atoms with Crippen molar-refractivity contribution in [3.8, 4) is 22.3 Å². The molecule has 9 aromatic rings. The van der Waals surface area contributed by atoms with Crippen molar-refractivity contribution < 1.29 is 0 Å². The highest BCUT2D eigenvalue weighted by Gasteiger charge is 2.29. The predicted octanol–water partition coefficient (Wildman–Crippen LogP) is 14.5. The predicted molar refractivity (Wildman–Crippen MR) is 280 cm³/mol. The fourth-order valence-electron chi connectivity index (χ4n) is 8.45. The Balaban J connectivity index is 1.05. The first-order valence-electron chi connectivity index (χ1n) is 22.1. The molecule has 0 spiro atoms. The SMILES string of the molecule is Cc1ccc(P(=Nc2ccc(-c3ccc(-c4ccc(N=P(c5ccc(C)cc5)(c5ccc(C)cc5)c5ccc(C)cc5)cc4)cc3)cc2)(c2ccc(C)cc2)c2ccc(C)cc2)cc1. The summed E-state index contributed by atoms with van der Waals surface area (Å²) in [6.07, 6.45) is 0. The van der Waals surface area contributed by atoms with Crippen molar-refractivity contribution in [1.82, 2.24) is 0 Å². The smallest absolute Gasteiger partial charge is 0.0625 e. The van der Waals surface area contributed by atoms with Gasteiger partial charge >= 0.3 is 0 Å². The Bertz CT molecular complexity index is 2670. The van der Waals surface area contributed by atoms with E-state index in [2.05, 4.69) is 260 Å². The standard InChI is InChI=1S/C60H54N2P2/c1-43-7-31-55(32-8-43)63(56-33-9-44(2)10-34-56,57-35-11-45(3)12-36-57)61-53-27-23-51(24-28-53)49-19-21-50(22-20-49)52-25-29-54(30-26-52)62-64(58-37-13-46(4)14-38-58,59-39-15-47(5)16-40-59)60-41-17-48(6)18-42-60/h7-42H,1-6H3. The van der Waals surface area contributed by atoms with Gasteiger partial charge in [0.25, 0.3) is 0 Å². The second-order valence-corrected chi connectivity index (χ2v) is 23.2. The maximum atomic E-state index is 5.77. The van der Waals surface area contributed by atoms with E-state index in [1.807, 2.05) is 0 Å². The summed E-state index contributed by atoms with van der Waals surface area (Å²) in [5.74, 6) is 0. The van der Waals surface area contributed by atoms with Gasteiger partial charge in [0.1, 0.15) is 0 Å². The first-order valence-corrected chi connectivity index (χ1v) is 25.6. The Morgan fingerprint density at radius 1 is 0.203 bits per heavy atom. The molecule has 0 aliphatic heterocycles. The number of rotatable bonds is 10. The average molecular weight is 865 g/mol. The largest absolute Gasteiger partial charge is 0.254 e. The van der Waals surface area contributed by atoms with Crippen molar-refractivity contribution in [2.24, 2.45) is 9.49 Å². The molecule has 0 bridgehead atoms. The van der Waals surface area contributed by atoms with Crippen LogP contribution in [0.25, 0.3) is 22.3 Å². The van der Waals surface area contributed by atoms with E-state index in [9.17, 15) is 0 Å². The molecule has 0 saturated carbocycles. The quantitative estimate of drug-likeness (QED) is 0.122. The summed E-state index contributed by atoms with van der Waals surface area (Å²) in [5, 5.41) is 7.48. The minimum atomic E-state index is -2.41. The molecule has 0 fully saturated rings. The van der Waals surface area contributed by atoms with Gasteiger partial charge in [-0.1, -0.05) is 228 Å². The lowest BCUT2D eigenvalue weighted by Gasteiger charge is -2.27. The van der Waals surface area contributed by atoms with E-state index in [-0.39, 0.29) is 0 Å². The highest BCUT2D eigenvalue weighted by Crippen LogP contribution is 2.51. The third-order valence-corrected chi connectivity index (χ3v) is 19.6. The molecule has 0 radical (unpaired) electrons. The minimum Gasteiger partial charge on any atom is -0.254 e. The Hall–Kier alpha value is -6.56. The zero-order valence-electron chi connectivity index (χ0n) is 37.6. The molecule has 64 heavy (non-hydrogen) atoms. The van der Waals surface area contributed by atoms with Crippen LogP contribution in [0, 0.1) is 41.5 Å². The molecule has 314 valence electrons. The molecule has 0 amide bonds. The average Bonchev–Trinajstić information content (AvgIpc) is 3.32. The number of hydrogen-bond acceptors (Lipinski definition) is 2. The van der Waals surface area contributed by atoms with E-state index in [0.717, 1.165) is 22.5 Å². The van der Waals surface area contributed by atoms with Gasteiger partial charge < -0.3 is 0 Å². The van der Waals surface area contributed by atoms with Gasteiger partial charge in [0.15, 0.2) is 0 Å². The summed E-state index contributed by atoms with van der Waals surface area (Å²) in [4.78, 5) is 0. The number of nitrogens with zero attached hydrogens (tertiary/aromatic N) is 2. The molecule has 0 aromatic heterocycles. The zero-order chi connectivity index (χ0) is 44.3. The van der Waals surface area contributed by atoms with E-state index >= 15 is 0 Å². The van der Waals surface area contributed by atoms with Gasteiger partial charge in [-0.15, -0.1) is 0 Å². The number of benzene rings is 9. The molecule has 4 heteroatoms. The molecule has 0 saturated heterocycles.